The first-order valence-corrected chi connectivity index (χ1v) is 8.66. The zero-order chi connectivity index (χ0) is 16.2. The molecule has 2 unspecified atom stereocenters. The van der Waals surface area contributed by atoms with Crippen LogP contribution in [0, 0.1) is 5.82 Å². The average Bonchev–Trinajstić information content (AvgIpc) is 2.48. The molecule has 3 N–H and O–H groups in total. The Morgan fingerprint density at radius 2 is 2.09 bits per heavy atom. The Balaban J connectivity index is 0.00000264. The van der Waals surface area contributed by atoms with Gasteiger partial charge in [0.25, 0.3) is 0 Å². The molecule has 23 heavy (non-hydrogen) atoms. The first-order chi connectivity index (χ1) is 10.4. The van der Waals surface area contributed by atoms with Crippen molar-refractivity contribution in [2.45, 2.75) is 36.7 Å². The number of carbonyl (C=O) groups excluding carboxylic acids is 1. The first-order valence-electron chi connectivity index (χ1n) is 7.18. The SMILES string of the molecule is CC(NS(=O)(=O)c1ccccc1F)C(=O)NC1CCCNC1.Cl. The Hall–Kier alpha value is -1.22. The summed E-state index contributed by atoms with van der Waals surface area (Å²) in [6.07, 6.45) is 1.81. The number of hydrogen-bond donors (Lipinski definition) is 3. The number of carbonyl (C=O) groups is 1. The number of piperidine rings is 1. The molecule has 0 aliphatic carbocycles. The van der Waals surface area contributed by atoms with Gasteiger partial charge in [-0.05, 0) is 38.4 Å². The van der Waals surface area contributed by atoms with E-state index in [9.17, 15) is 17.6 Å². The van der Waals surface area contributed by atoms with Crippen LogP contribution in [0.15, 0.2) is 29.2 Å². The van der Waals surface area contributed by atoms with Gasteiger partial charge in [0.15, 0.2) is 0 Å². The van der Waals surface area contributed by atoms with E-state index in [1.165, 1.54) is 19.1 Å². The van der Waals surface area contributed by atoms with Gasteiger partial charge in [-0.15, -0.1) is 12.4 Å². The van der Waals surface area contributed by atoms with Crippen molar-refractivity contribution in [1.29, 1.82) is 0 Å². The van der Waals surface area contributed by atoms with E-state index in [-0.39, 0.29) is 18.4 Å². The summed E-state index contributed by atoms with van der Waals surface area (Å²) in [6.45, 7) is 3.02. The highest BCUT2D eigenvalue weighted by Gasteiger charge is 2.26. The third-order valence-electron chi connectivity index (χ3n) is 3.49. The minimum absolute atomic E-state index is 0. The van der Waals surface area contributed by atoms with Crippen molar-refractivity contribution >= 4 is 28.3 Å². The lowest BCUT2D eigenvalue weighted by Gasteiger charge is -2.25. The smallest absolute Gasteiger partial charge is 0.244 e. The van der Waals surface area contributed by atoms with E-state index < -0.39 is 32.7 Å². The maximum absolute atomic E-state index is 13.6. The molecule has 0 saturated carbocycles. The fourth-order valence-corrected chi connectivity index (χ4v) is 3.60. The van der Waals surface area contributed by atoms with Gasteiger partial charge in [-0.2, -0.15) is 4.72 Å². The van der Waals surface area contributed by atoms with Gasteiger partial charge < -0.3 is 10.6 Å². The van der Waals surface area contributed by atoms with Crippen LogP contribution >= 0.6 is 12.4 Å². The quantitative estimate of drug-likeness (QED) is 0.719. The molecule has 6 nitrogen and oxygen atoms in total. The molecule has 1 aliphatic heterocycles. The number of rotatable bonds is 5. The van der Waals surface area contributed by atoms with Crippen LogP contribution in [0.1, 0.15) is 19.8 Å². The van der Waals surface area contributed by atoms with Crippen molar-refractivity contribution in [3.8, 4) is 0 Å². The Bertz CT molecular complexity index is 636. The Morgan fingerprint density at radius 1 is 1.39 bits per heavy atom. The van der Waals surface area contributed by atoms with Gasteiger partial charge in [-0.3, -0.25) is 4.79 Å². The number of halogens is 2. The van der Waals surface area contributed by atoms with E-state index in [2.05, 4.69) is 15.4 Å². The van der Waals surface area contributed by atoms with Crippen molar-refractivity contribution in [3.63, 3.8) is 0 Å². The van der Waals surface area contributed by atoms with Crippen LogP contribution in [-0.4, -0.2) is 39.5 Å². The number of hydrogen-bond acceptors (Lipinski definition) is 4. The van der Waals surface area contributed by atoms with Crippen molar-refractivity contribution in [2.24, 2.45) is 0 Å². The zero-order valence-corrected chi connectivity index (χ0v) is 14.3. The molecule has 1 aromatic rings. The number of nitrogens with one attached hydrogen (secondary N) is 3. The largest absolute Gasteiger partial charge is 0.351 e. The molecule has 1 saturated heterocycles. The third kappa shape index (κ3) is 5.42. The van der Waals surface area contributed by atoms with Crippen molar-refractivity contribution in [3.05, 3.63) is 30.1 Å². The van der Waals surface area contributed by atoms with Crippen LogP contribution in [-0.2, 0) is 14.8 Å². The van der Waals surface area contributed by atoms with E-state index in [1.54, 1.807) is 0 Å². The molecule has 0 aromatic heterocycles. The molecule has 1 aliphatic rings. The summed E-state index contributed by atoms with van der Waals surface area (Å²) in [5.41, 5.74) is 0. The van der Waals surface area contributed by atoms with Gasteiger partial charge in [0.05, 0.1) is 6.04 Å². The lowest BCUT2D eigenvalue weighted by Crippen LogP contribution is -2.52. The molecule has 9 heteroatoms. The second kappa shape index (κ2) is 8.58. The zero-order valence-electron chi connectivity index (χ0n) is 12.7. The van der Waals surface area contributed by atoms with Crippen molar-refractivity contribution in [1.82, 2.24) is 15.4 Å². The Kier molecular flexibility index (Phi) is 7.40. The van der Waals surface area contributed by atoms with Gasteiger partial charge in [0, 0.05) is 12.6 Å². The second-order valence-corrected chi connectivity index (χ2v) is 7.01. The monoisotopic (exact) mass is 365 g/mol. The van der Waals surface area contributed by atoms with Crippen LogP contribution in [0.25, 0.3) is 0 Å². The molecular formula is C14H21ClFN3O3S. The van der Waals surface area contributed by atoms with Crippen LogP contribution in [0.5, 0.6) is 0 Å². The topological polar surface area (TPSA) is 87.3 Å². The predicted octanol–water partition coefficient (Wildman–Crippen LogP) is 0.782. The van der Waals surface area contributed by atoms with Crippen molar-refractivity contribution in [2.75, 3.05) is 13.1 Å². The summed E-state index contributed by atoms with van der Waals surface area (Å²) in [5.74, 6) is -1.27. The Morgan fingerprint density at radius 3 is 2.70 bits per heavy atom. The second-order valence-electron chi connectivity index (χ2n) is 5.33. The predicted molar refractivity (Wildman–Crippen MR) is 87.5 cm³/mol. The van der Waals surface area contributed by atoms with E-state index in [4.69, 9.17) is 0 Å². The third-order valence-corrected chi connectivity index (χ3v) is 5.07. The highest BCUT2D eigenvalue weighted by molar-refractivity contribution is 7.89. The molecule has 1 amide bonds. The first kappa shape index (κ1) is 19.8. The molecule has 1 fully saturated rings. The van der Waals surface area contributed by atoms with E-state index >= 15 is 0 Å². The van der Waals surface area contributed by atoms with Crippen LogP contribution < -0.4 is 15.4 Å². The summed E-state index contributed by atoms with van der Waals surface area (Å²) in [6, 6.07) is 4.06. The maximum atomic E-state index is 13.6. The van der Waals surface area contributed by atoms with Crippen LogP contribution in [0.2, 0.25) is 0 Å². The number of benzene rings is 1. The van der Waals surface area contributed by atoms with Crippen LogP contribution in [0.3, 0.4) is 0 Å². The number of sulfonamides is 1. The standard InChI is InChI=1S/C14H20FN3O3S.ClH/c1-10(14(19)17-11-5-4-8-16-9-11)18-22(20,21)13-7-3-2-6-12(13)15;/h2-3,6-7,10-11,16,18H,4-5,8-9H2,1H3,(H,17,19);1H. The summed E-state index contributed by atoms with van der Waals surface area (Å²) in [7, 11) is -4.08. The highest BCUT2D eigenvalue weighted by atomic mass is 35.5. The fourth-order valence-electron chi connectivity index (χ4n) is 2.31. The average molecular weight is 366 g/mol. The molecule has 0 radical (unpaired) electrons. The van der Waals surface area contributed by atoms with Gasteiger partial charge in [-0.25, -0.2) is 12.8 Å². The maximum Gasteiger partial charge on any atom is 0.244 e. The van der Waals surface area contributed by atoms with Gasteiger partial charge >= 0.3 is 0 Å². The molecule has 0 spiro atoms. The lowest BCUT2D eigenvalue weighted by atomic mass is 10.1. The molecule has 1 heterocycles. The molecule has 2 atom stereocenters. The van der Waals surface area contributed by atoms with Crippen molar-refractivity contribution < 1.29 is 17.6 Å². The highest BCUT2D eigenvalue weighted by Crippen LogP contribution is 2.13. The Labute approximate surface area is 141 Å². The molecule has 0 bridgehead atoms. The summed E-state index contributed by atoms with van der Waals surface area (Å²) >= 11 is 0. The van der Waals surface area contributed by atoms with Crippen LogP contribution in [0.4, 0.5) is 4.39 Å². The summed E-state index contributed by atoms with van der Waals surface area (Å²) in [4.78, 5) is 11.6. The number of amides is 1. The van der Waals surface area contributed by atoms with E-state index in [0.29, 0.717) is 6.54 Å². The summed E-state index contributed by atoms with van der Waals surface area (Å²) < 4.78 is 40.0. The summed E-state index contributed by atoms with van der Waals surface area (Å²) in [5, 5.41) is 5.94. The molecular weight excluding hydrogens is 345 g/mol. The van der Waals surface area contributed by atoms with E-state index in [1.807, 2.05) is 0 Å². The van der Waals surface area contributed by atoms with Gasteiger partial charge in [0.2, 0.25) is 15.9 Å². The lowest BCUT2D eigenvalue weighted by molar-refractivity contribution is -0.123. The molecule has 130 valence electrons. The normalized spacial score (nSPS) is 19.5. The van der Waals surface area contributed by atoms with E-state index in [0.717, 1.165) is 31.5 Å². The van der Waals surface area contributed by atoms with Gasteiger partial charge in [0.1, 0.15) is 10.7 Å². The minimum atomic E-state index is -4.08. The minimum Gasteiger partial charge on any atom is -0.351 e. The molecule has 1 aromatic carbocycles. The fraction of sp³-hybridized carbons (Fsp3) is 0.500. The molecule has 2 rings (SSSR count). The van der Waals surface area contributed by atoms with Gasteiger partial charge in [-0.1, -0.05) is 12.1 Å².